The van der Waals surface area contributed by atoms with Crippen LogP contribution in [0.25, 0.3) is 0 Å². The van der Waals surface area contributed by atoms with Crippen LogP contribution in [0.3, 0.4) is 0 Å². The van der Waals surface area contributed by atoms with Crippen LogP contribution in [0.15, 0.2) is 18.2 Å². The summed E-state index contributed by atoms with van der Waals surface area (Å²) in [6.07, 6.45) is 1.97. The van der Waals surface area contributed by atoms with E-state index < -0.39 is 17.1 Å². The number of para-hydroxylation sites is 1. The molecule has 1 aromatic rings. The van der Waals surface area contributed by atoms with E-state index in [0.717, 1.165) is 19.3 Å². The van der Waals surface area contributed by atoms with Crippen LogP contribution in [0.1, 0.15) is 57.3 Å². The van der Waals surface area contributed by atoms with Crippen molar-refractivity contribution in [1.29, 1.82) is 0 Å². The topological polar surface area (TPSA) is 84.9 Å². The van der Waals surface area contributed by atoms with Gasteiger partial charge < -0.3 is 19.7 Å². The molecule has 4 rings (SSSR count). The molecule has 3 atom stereocenters. The normalized spacial score (nSPS) is 28.3. The Kier molecular flexibility index (Phi) is 4.59. The van der Waals surface area contributed by atoms with Crippen LogP contribution < -0.4 is 10.1 Å². The smallest absolute Gasteiger partial charge is 0.314 e. The summed E-state index contributed by atoms with van der Waals surface area (Å²) in [6, 6.07) is 5.16. The van der Waals surface area contributed by atoms with Gasteiger partial charge in [-0.25, -0.2) is 0 Å². The number of esters is 1. The van der Waals surface area contributed by atoms with Crippen LogP contribution >= 0.6 is 0 Å². The third-order valence-electron chi connectivity index (χ3n) is 6.13. The molecule has 0 bridgehead atoms. The van der Waals surface area contributed by atoms with Crippen molar-refractivity contribution in [3.05, 3.63) is 23.8 Å². The van der Waals surface area contributed by atoms with Gasteiger partial charge in [-0.3, -0.25) is 14.4 Å². The molecular weight excluding hydrogens is 372 g/mol. The number of nitrogens with zero attached hydrogens (tertiary/aromatic N) is 1. The zero-order chi connectivity index (χ0) is 21.0. The Balaban J connectivity index is 1.60. The fourth-order valence-electron chi connectivity index (χ4n) is 4.72. The summed E-state index contributed by atoms with van der Waals surface area (Å²) in [7, 11) is 0. The van der Waals surface area contributed by atoms with Gasteiger partial charge >= 0.3 is 5.97 Å². The molecule has 7 heteroatoms. The highest BCUT2D eigenvalue weighted by Gasteiger charge is 2.57. The number of hydrogen-bond donors (Lipinski definition) is 1. The molecule has 0 spiro atoms. The fraction of sp³-hybridized carbons (Fsp3) is 0.591. The molecule has 1 aliphatic carbocycles. The van der Waals surface area contributed by atoms with Crippen LogP contribution in [-0.4, -0.2) is 47.5 Å². The first-order valence-electron chi connectivity index (χ1n) is 10.2. The van der Waals surface area contributed by atoms with E-state index in [1.807, 2.05) is 20.8 Å². The second-order valence-electron chi connectivity index (χ2n) is 9.36. The average Bonchev–Trinajstić information content (AvgIpc) is 3.18. The van der Waals surface area contributed by atoms with Crippen LogP contribution in [0.4, 0.5) is 5.69 Å². The van der Waals surface area contributed by atoms with Gasteiger partial charge in [-0.2, -0.15) is 0 Å². The van der Waals surface area contributed by atoms with Crippen molar-refractivity contribution in [2.45, 2.75) is 58.7 Å². The zero-order valence-electron chi connectivity index (χ0n) is 17.4. The molecule has 1 N–H and O–H groups in total. The third kappa shape index (κ3) is 3.36. The number of likely N-dealkylation sites (tertiary alicyclic amines) is 1. The molecule has 2 fully saturated rings. The van der Waals surface area contributed by atoms with Crippen LogP contribution in [-0.2, 0) is 14.3 Å². The summed E-state index contributed by atoms with van der Waals surface area (Å²) < 4.78 is 11.5. The minimum atomic E-state index is -0.664. The Morgan fingerprint density at radius 1 is 1.31 bits per heavy atom. The lowest BCUT2D eigenvalue weighted by molar-refractivity contribution is -0.168. The number of rotatable bonds is 2. The van der Waals surface area contributed by atoms with E-state index in [2.05, 4.69) is 5.32 Å². The zero-order valence-corrected chi connectivity index (χ0v) is 17.4. The Labute approximate surface area is 170 Å². The molecule has 2 heterocycles. The van der Waals surface area contributed by atoms with E-state index in [4.69, 9.17) is 9.47 Å². The predicted octanol–water partition coefficient (Wildman–Crippen LogP) is 2.99. The first kappa shape index (κ1) is 19.7. The molecule has 1 aromatic carbocycles. The monoisotopic (exact) mass is 400 g/mol. The van der Waals surface area contributed by atoms with Crippen molar-refractivity contribution in [2.75, 3.05) is 18.4 Å². The molecule has 29 heavy (non-hydrogen) atoms. The average molecular weight is 400 g/mol. The predicted molar refractivity (Wildman–Crippen MR) is 107 cm³/mol. The second kappa shape index (κ2) is 6.75. The van der Waals surface area contributed by atoms with Gasteiger partial charge in [0.15, 0.2) is 11.9 Å². The maximum absolute atomic E-state index is 13.4. The molecule has 0 radical (unpaired) electrons. The highest BCUT2D eigenvalue weighted by Crippen LogP contribution is 2.50. The van der Waals surface area contributed by atoms with E-state index in [1.54, 1.807) is 30.0 Å². The molecule has 2 amide bonds. The van der Waals surface area contributed by atoms with Crippen molar-refractivity contribution in [3.8, 4) is 5.75 Å². The van der Waals surface area contributed by atoms with E-state index in [1.165, 1.54) is 0 Å². The van der Waals surface area contributed by atoms with Crippen molar-refractivity contribution in [3.63, 3.8) is 0 Å². The van der Waals surface area contributed by atoms with E-state index >= 15 is 0 Å². The van der Waals surface area contributed by atoms with E-state index in [-0.39, 0.29) is 23.7 Å². The first-order chi connectivity index (χ1) is 13.6. The van der Waals surface area contributed by atoms with Crippen LogP contribution in [0, 0.1) is 11.3 Å². The number of benzene rings is 1. The van der Waals surface area contributed by atoms with Gasteiger partial charge in [0, 0.05) is 13.1 Å². The van der Waals surface area contributed by atoms with Crippen molar-refractivity contribution >= 4 is 23.5 Å². The summed E-state index contributed by atoms with van der Waals surface area (Å²) in [6.45, 7) is 8.14. The van der Waals surface area contributed by atoms with Gasteiger partial charge in [0.25, 0.3) is 11.8 Å². The second-order valence-corrected chi connectivity index (χ2v) is 9.36. The quantitative estimate of drug-likeness (QED) is 0.772. The number of anilines is 1. The van der Waals surface area contributed by atoms with E-state index in [0.29, 0.717) is 30.1 Å². The number of carbonyl (C=O) groups excluding carboxylic acids is 3. The van der Waals surface area contributed by atoms with E-state index in [9.17, 15) is 14.4 Å². The van der Waals surface area contributed by atoms with Crippen molar-refractivity contribution < 1.29 is 23.9 Å². The van der Waals surface area contributed by atoms with Gasteiger partial charge in [-0.15, -0.1) is 0 Å². The Bertz CT molecular complexity index is 874. The molecule has 156 valence electrons. The van der Waals surface area contributed by atoms with Crippen molar-refractivity contribution in [1.82, 2.24) is 4.90 Å². The van der Waals surface area contributed by atoms with Gasteiger partial charge in [-0.1, -0.05) is 12.5 Å². The fourth-order valence-corrected chi connectivity index (χ4v) is 4.72. The molecule has 1 saturated heterocycles. The Morgan fingerprint density at radius 3 is 2.79 bits per heavy atom. The van der Waals surface area contributed by atoms with Gasteiger partial charge in [0.2, 0.25) is 0 Å². The summed E-state index contributed by atoms with van der Waals surface area (Å²) in [4.78, 5) is 40.0. The van der Waals surface area contributed by atoms with Gasteiger partial charge in [-0.05, 0) is 58.6 Å². The highest BCUT2D eigenvalue weighted by molar-refractivity contribution is 6.04. The molecule has 0 unspecified atom stereocenters. The number of ether oxygens (including phenoxy) is 2. The number of amides is 2. The summed E-state index contributed by atoms with van der Waals surface area (Å²) in [5.41, 5.74) is -0.272. The molecule has 0 aromatic heterocycles. The van der Waals surface area contributed by atoms with Crippen LogP contribution in [0.5, 0.6) is 5.75 Å². The van der Waals surface area contributed by atoms with Gasteiger partial charge in [0.1, 0.15) is 5.60 Å². The lowest BCUT2D eigenvalue weighted by Gasteiger charge is -2.31. The molecule has 1 saturated carbocycles. The molecule has 3 aliphatic rings. The standard InChI is InChI=1S/C22H28N2O5/c1-13-18(25)23-16-9-5-8-15(17(16)28-13)19(26)24-11-14-7-6-10-22(14,12-24)20(27)29-21(2,3)4/h5,8-9,13-14H,6-7,10-12H2,1-4H3,(H,23,25)/t13-,14-,22+/m0/s1. The van der Waals surface area contributed by atoms with Crippen LogP contribution in [0.2, 0.25) is 0 Å². The lowest BCUT2D eigenvalue weighted by Crippen LogP contribution is -2.42. The molecule has 7 nitrogen and oxygen atoms in total. The summed E-state index contributed by atoms with van der Waals surface area (Å²) >= 11 is 0. The number of carbonyl (C=O) groups is 3. The molecule has 2 aliphatic heterocycles. The first-order valence-corrected chi connectivity index (χ1v) is 10.2. The minimum Gasteiger partial charge on any atom is -0.478 e. The maximum atomic E-state index is 13.4. The maximum Gasteiger partial charge on any atom is 0.314 e. The van der Waals surface area contributed by atoms with Crippen molar-refractivity contribution in [2.24, 2.45) is 11.3 Å². The number of nitrogens with one attached hydrogen (secondary N) is 1. The van der Waals surface area contributed by atoms with Gasteiger partial charge in [0.05, 0.1) is 16.7 Å². The number of fused-ring (bicyclic) bond motifs is 2. The largest absolute Gasteiger partial charge is 0.478 e. The highest BCUT2D eigenvalue weighted by atomic mass is 16.6. The SMILES string of the molecule is C[C@@H]1Oc2c(cccc2C(=O)N2C[C@@H]3CCC[C@@]3(C(=O)OC(C)(C)C)C2)NC1=O. The minimum absolute atomic E-state index is 0.111. The third-order valence-corrected chi connectivity index (χ3v) is 6.13. The number of hydrogen-bond acceptors (Lipinski definition) is 5. The Morgan fingerprint density at radius 2 is 2.07 bits per heavy atom. The molecular formula is C22H28N2O5. The lowest BCUT2D eigenvalue weighted by atomic mass is 9.80. The summed E-state index contributed by atoms with van der Waals surface area (Å²) in [5, 5.41) is 2.78. The summed E-state index contributed by atoms with van der Waals surface area (Å²) in [5.74, 6) is -0.104. The Hall–Kier alpha value is -2.57.